The molecule has 2 aromatic carbocycles. The monoisotopic (exact) mass is 541 g/mol. The third kappa shape index (κ3) is 5.77. The maximum atomic E-state index is 13.1. The predicted molar refractivity (Wildman–Crippen MR) is 144 cm³/mol. The molecule has 8 nitrogen and oxygen atoms in total. The summed E-state index contributed by atoms with van der Waals surface area (Å²) in [5, 5.41) is 3.31. The van der Waals surface area contributed by atoms with Crippen molar-refractivity contribution in [1.29, 1.82) is 0 Å². The molecule has 4 rings (SSSR count). The standard InChI is InChI=1S/C27H31N3O5S2/c1-4-30(5-2)37(33,34)21-13-11-20(12-14-21)25(31)28-26-24(27(32)35-3)22-15-16-29(18-23(22)36-26)17-19-9-7-6-8-10-19/h6-14H,4-5,15-18H2,1-3H3,(H,28,31). The summed E-state index contributed by atoms with van der Waals surface area (Å²) in [6.07, 6.45) is 0.677. The average Bonchev–Trinajstić information content (AvgIpc) is 3.26. The SMILES string of the molecule is CCN(CC)S(=O)(=O)c1ccc(C(=O)Nc2sc3c(c2C(=O)OC)CCN(Cc2ccccc2)C3)cc1. The van der Waals surface area contributed by atoms with Crippen molar-refractivity contribution in [1.82, 2.24) is 9.21 Å². The summed E-state index contributed by atoms with van der Waals surface area (Å²) in [6.45, 7) is 6.56. The molecule has 2 heterocycles. The highest BCUT2D eigenvalue weighted by atomic mass is 32.2. The molecule has 0 spiro atoms. The second kappa shape index (κ2) is 11.6. The van der Waals surface area contributed by atoms with Gasteiger partial charge in [-0.05, 0) is 41.8 Å². The lowest BCUT2D eigenvalue weighted by atomic mass is 10.0. The van der Waals surface area contributed by atoms with E-state index in [9.17, 15) is 18.0 Å². The van der Waals surface area contributed by atoms with Crippen LogP contribution in [-0.2, 0) is 34.3 Å². The number of hydrogen-bond donors (Lipinski definition) is 1. The zero-order valence-electron chi connectivity index (χ0n) is 21.2. The maximum Gasteiger partial charge on any atom is 0.341 e. The van der Waals surface area contributed by atoms with Gasteiger partial charge in [0, 0.05) is 43.2 Å². The molecule has 0 atom stereocenters. The maximum absolute atomic E-state index is 13.1. The second-order valence-electron chi connectivity index (χ2n) is 8.71. The Hall–Kier alpha value is -3.05. The van der Waals surface area contributed by atoms with Gasteiger partial charge in [0.25, 0.3) is 5.91 Å². The van der Waals surface area contributed by atoms with Gasteiger partial charge in [-0.15, -0.1) is 11.3 Å². The van der Waals surface area contributed by atoms with Crippen molar-refractivity contribution < 1.29 is 22.7 Å². The van der Waals surface area contributed by atoms with E-state index in [1.54, 1.807) is 13.8 Å². The molecule has 1 aliphatic heterocycles. The molecule has 0 aliphatic carbocycles. The number of esters is 1. The Morgan fingerprint density at radius 1 is 1.05 bits per heavy atom. The van der Waals surface area contributed by atoms with Gasteiger partial charge < -0.3 is 10.1 Å². The van der Waals surface area contributed by atoms with Crippen LogP contribution in [0.1, 0.15) is 50.6 Å². The number of fused-ring (bicyclic) bond motifs is 1. The number of carbonyl (C=O) groups is 2. The number of ether oxygens (including phenoxy) is 1. The van der Waals surface area contributed by atoms with E-state index < -0.39 is 21.9 Å². The minimum absolute atomic E-state index is 0.132. The largest absolute Gasteiger partial charge is 0.465 e. The van der Waals surface area contributed by atoms with Crippen LogP contribution < -0.4 is 5.32 Å². The van der Waals surface area contributed by atoms with Crippen LogP contribution in [0.3, 0.4) is 0 Å². The fourth-order valence-corrected chi connectivity index (χ4v) is 7.24. The molecular formula is C27H31N3O5S2. The van der Waals surface area contributed by atoms with E-state index in [0.29, 0.717) is 42.2 Å². The van der Waals surface area contributed by atoms with E-state index in [4.69, 9.17) is 4.74 Å². The lowest BCUT2D eigenvalue weighted by molar-refractivity contribution is 0.0600. The van der Waals surface area contributed by atoms with E-state index in [1.165, 1.54) is 52.6 Å². The number of nitrogens with zero attached hydrogens (tertiary/aromatic N) is 2. The molecule has 0 unspecified atom stereocenters. The zero-order chi connectivity index (χ0) is 26.6. The van der Waals surface area contributed by atoms with Crippen LogP contribution in [0.2, 0.25) is 0 Å². The highest BCUT2D eigenvalue weighted by Gasteiger charge is 2.30. The van der Waals surface area contributed by atoms with E-state index in [0.717, 1.165) is 23.5 Å². The number of thiophene rings is 1. The Balaban J connectivity index is 1.55. The van der Waals surface area contributed by atoms with E-state index in [-0.39, 0.29) is 4.90 Å². The molecule has 0 saturated carbocycles. The first-order valence-electron chi connectivity index (χ1n) is 12.2. The summed E-state index contributed by atoms with van der Waals surface area (Å²) >= 11 is 1.38. The van der Waals surface area contributed by atoms with Gasteiger partial charge in [0.15, 0.2) is 0 Å². The molecule has 10 heteroatoms. The summed E-state index contributed by atoms with van der Waals surface area (Å²) in [7, 11) is -2.29. The first kappa shape index (κ1) is 27.0. The van der Waals surface area contributed by atoms with E-state index >= 15 is 0 Å². The Labute approximate surface area is 221 Å². The van der Waals surface area contributed by atoms with Crippen molar-refractivity contribution in [3.8, 4) is 0 Å². The van der Waals surface area contributed by atoms with Crippen LogP contribution in [0.15, 0.2) is 59.5 Å². The molecule has 1 aliphatic rings. The van der Waals surface area contributed by atoms with Crippen LogP contribution in [-0.4, -0.2) is 56.2 Å². The third-order valence-electron chi connectivity index (χ3n) is 6.46. The van der Waals surface area contributed by atoms with Crippen LogP contribution in [0.25, 0.3) is 0 Å². The minimum Gasteiger partial charge on any atom is -0.465 e. The minimum atomic E-state index is -3.62. The van der Waals surface area contributed by atoms with Gasteiger partial charge in [0.1, 0.15) is 5.00 Å². The van der Waals surface area contributed by atoms with Gasteiger partial charge in [0.2, 0.25) is 10.0 Å². The molecule has 196 valence electrons. The normalized spacial score (nSPS) is 13.8. The Morgan fingerprint density at radius 3 is 2.35 bits per heavy atom. The molecule has 0 radical (unpaired) electrons. The molecule has 0 bridgehead atoms. The van der Waals surface area contributed by atoms with Crippen molar-refractivity contribution in [2.75, 3.05) is 32.1 Å². The van der Waals surface area contributed by atoms with Crippen molar-refractivity contribution in [3.63, 3.8) is 0 Å². The highest BCUT2D eigenvalue weighted by molar-refractivity contribution is 7.89. The Morgan fingerprint density at radius 2 is 1.73 bits per heavy atom. The molecule has 0 fully saturated rings. The molecule has 0 saturated heterocycles. The number of benzene rings is 2. The summed E-state index contributed by atoms with van der Waals surface area (Å²) in [4.78, 5) is 29.2. The Bertz CT molecular complexity index is 1370. The highest BCUT2D eigenvalue weighted by Crippen LogP contribution is 2.38. The van der Waals surface area contributed by atoms with Gasteiger partial charge in [0.05, 0.1) is 17.6 Å². The van der Waals surface area contributed by atoms with Crippen molar-refractivity contribution in [2.24, 2.45) is 0 Å². The molecular weight excluding hydrogens is 510 g/mol. The molecule has 1 N–H and O–H groups in total. The first-order chi connectivity index (χ1) is 17.8. The molecule has 37 heavy (non-hydrogen) atoms. The van der Waals surface area contributed by atoms with Crippen molar-refractivity contribution in [2.45, 2.75) is 38.3 Å². The van der Waals surface area contributed by atoms with Gasteiger partial charge in [-0.1, -0.05) is 44.2 Å². The summed E-state index contributed by atoms with van der Waals surface area (Å²) in [5.74, 6) is -0.901. The van der Waals surface area contributed by atoms with E-state index in [2.05, 4.69) is 22.3 Å². The fraction of sp³-hybridized carbons (Fsp3) is 0.333. The summed E-state index contributed by atoms with van der Waals surface area (Å²) in [5.41, 5.74) is 2.83. The lowest BCUT2D eigenvalue weighted by Gasteiger charge is -2.27. The zero-order valence-corrected chi connectivity index (χ0v) is 22.8. The van der Waals surface area contributed by atoms with Crippen LogP contribution in [0.5, 0.6) is 0 Å². The number of sulfonamides is 1. The molecule has 1 amide bonds. The lowest BCUT2D eigenvalue weighted by Crippen LogP contribution is -2.30. The van der Waals surface area contributed by atoms with Gasteiger partial charge in [-0.25, -0.2) is 13.2 Å². The summed E-state index contributed by atoms with van der Waals surface area (Å²) < 4.78 is 31.9. The van der Waals surface area contributed by atoms with Gasteiger partial charge >= 0.3 is 5.97 Å². The van der Waals surface area contributed by atoms with Crippen molar-refractivity contribution in [3.05, 3.63) is 81.7 Å². The van der Waals surface area contributed by atoms with Crippen molar-refractivity contribution >= 4 is 38.2 Å². The topological polar surface area (TPSA) is 96.0 Å². The molecule has 3 aromatic rings. The predicted octanol–water partition coefficient (Wildman–Crippen LogP) is 4.38. The number of carbonyl (C=O) groups excluding carboxylic acids is 2. The first-order valence-corrected chi connectivity index (χ1v) is 14.4. The second-order valence-corrected chi connectivity index (χ2v) is 11.8. The molecule has 1 aromatic heterocycles. The van der Waals surface area contributed by atoms with Crippen LogP contribution in [0, 0.1) is 0 Å². The van der Waals surface area contributed by atoms with Crippen LogP contribution in [0.4, 0.5) is 5.00 Å². The number of rotatable bonds is 9. The van der Waals surface area contributed by atoms with Gasteiger partial charge in [-0.3, -0.25) is 9.69 Å². The number of hydrogen-bond acceptors (Lipinski definition) is 7. The summed E-state index contributed by atoms with van der Waals surface area (Å²) in [6, 6.07) is 16.1. The number of methoxy groups -OCH3 is 1. The smallest absolute Gasteiger partial charge is 0.341 e. The fourth-order valence-electron chi connectivity index (χ4n) is 4.51. The third-order valence-corrected chi connectivity index (χ3v) is 9.66. The number of nitrogens with one attached hydrogen (secondary N) is 1. The number of anilines is 1. The van der Waals surface area contributed by atoms with Crippen LogP contribution >= 0.6 is 11.3 Å². The van der Waals surface area contributed by atoms with E-state index in [1.807, 2.05) is 18.2 Å². The van der Waals surface area contributed by atoms with Gasteiger partial charge in [-0.2, -0.15) is 4.31 Å². The Kier molecular flexibility index (Phi) is 8.43. The quantitative estimate of drug-likeness (QED) is 0.404. The average molecular weight is 542 g/mol. The number of amides is 1.